The van der Waals surface area contributed by atoms with E-state index in [2.05, 4.69) is 64.9 Å². The van der Waals surface area contributed by atoms with Crippen molar-refractivity contribution in [3.05, 3.63) is 119 Å². The SMILES string of the molecule is CCCCCCn1c(/C=C/c2ccc(N(c3ccc(OC)cc3)c3ccc(OC)cc3)cc2)ccc1-c1ccc(/C=C(\C#N)C(=O)O)s1. The van der Waals surface area contributed by atoms with Gasteiger partial charge in [0.25, 0.3) is 0 Å². The molecule has 0 aliphatic carbocycles. The van der Waals surface area contributed by atoms with E-state index in [-0.39, 0.29) is 5.57 Å². The largest absolute Gasteiger partial charge is 0.497 e. The molecule has 48 heavy (non-hydrogen) atoms. The van der Waals surface area contributed by atoms with Gasteiger partial charge in [0.1, 0.15) is 23.1 Å². The second-order valence-electron chi connectivity index (χ2n) is 11.2. The van der Waals surface area contributed by atoms with Gasteiger partial charge in [-0.25, -0.2) is 4.79 Å². The quantitative estimate of drug-likeness (QED) is 0.0685. The molecule has 5 rings (SSSR count). The second kappa shape index (κ2) is 16.3. The lowest BCUT2D eigenvalue weighted by Gasteiger charge is -2.26. The Balaban J connectivity index is 1.42. The zero-order valence-electron chi connectivity index (χ0n) is 27.4. The first-order chi connectivity index (χ1) is 23.4. The monoisotopic (exact) mass is 657 g/mol. The van der Waals surface area contributed by atoms with Crippen LogP contribution in [0.25, 0.3) is 28.8 Å². The smallest absolute Gasteiger partial charge is 0.346 e. The van der Waals surface area contributed by atoms with Crippen LogP contribution in [0.4, 0.5) is 17.1 Å². The number of nitrogens with zero attached hydrogens (tertiary/aromatic N) is 3. The van der Waals surface area contributed by atoms with Crippen LogP contribution in [0.1, 0.15) is 48.7 Å². The molecule has 8 heteroatoms. The molecule has 0 aliphatic rings. The average molecular weight is 658 g/mol. The highest BCUT2D eigenvalue weighted by Gasteiger charge is 2.14. The van der Waals surface area contributed by atoms with E-state index in [1.807, 2.05) is 60.7 Å². The van der Waals surface area contributed by atoms with Crippen LogP contribution in [0.5, 0.6) is 11.5 Å². The number of carbonyl (C=O) groups is 1. The maximum absolute atomic E-state index is 11.3. The van der Waals surface area contributed by atoms with Crippen LogP contribution >= 0.6 is 11.3 Å². The lowest BCUT2D eigenvalue weighted by molar-refractivity contribution is -0.132. The summed E-state index contributed by atoms with van der Waals surface area (Å²) in [6.07, 6.45) is 10.3. The number of carboxylic acids is 1. The number of rotatable bonds is 15. The molecule has 0 saturated carbocycles. The van der Waals surface area contributed by atoms with E-state index in [9.17, 15) is 15.2 Å². The van der Waals surface area contributed by atoms with Crippen LogP contribution in [0.15, 0.2) is 103 Å². The van der Waals surface area contributed by atoms with Gasteiger partial charge < -0.3 is 24.0 Å². The van der Waals surface area contributed by atoms with E-state index < -0.39 is 5.97 Å². The predicted molar refractivity (Wildman–Crippen MR) is 196 cm³/mol. The molecule has 0 amide bonds. The molecular formula is C40H39N3O4S. The summed E-state index contributed by atoms with van der Waals surface area (Å²) in [5.41, 5.74) is 6.02. The summed E-state index contributed by atoms with van der Waals surface area (Å²) in [6, 6.07) is 34.4. The van der Waals surface area contributed by atoms with Crippen molar-refractivity contribution in [3.8, 4) is 28.1 Å². The summed E-state index contributed by atoms with van der Waals surface area (Å²) >= 11 is 1.48. The number of methoxy groups -OCH3 is 2. The van der Waals surface area contributed by atoms with Gasteiger partial charge in [0, 0.05) is 34.2 Å². The molecule has 0 spiro atoms. The number of benzene rings is 3. The van der Waals surface area contributed by atoms with Crippen molar-refractivity contribution >= 4 is 52.6 Å². The Labute approximate surface area is 286 Å². The summed E-state index contributed by atoms with van der Waals surface area (Å²) < 4.78 is 13.1. The van der Waals surface area contributed by atoms with E-state index in [0.717, 1.165) is 74.7 Å². The zero-order chi connectivity index (χ0) is 33.9. The van der Waals surface area contributed by atoms with Crippen LogP contribution in [0, 0.1) is 11.3 Å². The van der Waals surface area contributed by atoms with Crippen molar-refractivity contribution in [2.75, 3.05) is 19.1 Å². The van der Waals surface area contributed by atoms with Crippen molar-refractivity contribution < 1.29 is 19.4 Å². The third kappa shape index (κ3) is 8.24. The van der Waals surface area contributed by atoms with E-state index in [0.29, 0.717) is 0 Å². The summed E-state index contributed by atoms with van der Waals surface area (Å²) in [4.78, 5) is 15.3. The zero-order valence-corrected chi connectivity index (χ0v) is 28.2. The molecular weight excluding hydrogens is 619 g/mol. The fourth-order valence-corrected chi connectivity index (χ4v) is 6.45. The lowest BCUT2D eigenvalue weighted by atomic mass is 10.1. The highest BCUT2D eigenvalue weighted by Crippen LogP contribution is 2.37. The minimum Gasteiger partial charge on any atom is -0.497 e. The van der Waals surface area contributed by atoms with Crippen molar-refractivity contribution in [2.24, 2.45) is 0 Å². The number of carboxylic acid groups (broad SMARTS) is 1. The Morgan fingerprint density at radius 2 is 1.42 bits per heavy atom. The summed E-state index contributed by atoms with van der Waals surface area (Å²) in [7, 11) is 3.33. The van der Waals surface area contributed by atoms with Crippen LogP contribution < -0.4 is 14.4 Å². The number of hydrogen-bond acceptors (Lipinski definition) is 6. The van der Waals surface area contributed by atoms with Gasteiger partial charge in [0.05, 0.1) is 24.8 Å². The second-order valence-corrected chi connectivity index (χ2v) is 12.3. The number of anilines is 3. The molecule has 7 nitrogen and oxygen atoms in total. The van der Waals surface area contributed by atoms with E-state index >= 15 is 0 Å². The molecule has 2 heterocycles. The number of hydrogen-bond donors (Lipinski definition) is 1. The Bertz CT molecular complexity index is 1860. The summed E-state index contributed by atoms with van der Waals surface area (Å²) in [5.74, 6) is 0.381. The molecule has 0 unspecified atom stereocenters. The summed E-state index contributed by atoms with van der Waals surface area (Å²) in [5, 5.41) is 18.5. The van der Waals surface area contributed by atoms with Gasteiger partial charge in [-0.1, -0.05) is 44.4 Å². The van der Waals surface area contributed by atoms with Gasteiger partial charge in [-0.2, -0.15) is 5.26 Å². The summed E-state index contributed by atoms with van der Waals surface area (Å²) in [6.45, 7) is 3.09. The first-order valence-electron chi connectivity index (χ1n) is 15.9. The molecule has 3 aromatic carbocycles. The number of unbranched alkanes of at least 4 members (excludes halogenated alkanes) is 3. The van der Waals surface area contributed by atoms with Gasteiger partial charge in [0.2, 0.25) is 0 Å². The van der Waals surface area contributed by atoms with Gasteiger partial charge in [-0.05, 0) is 109 Å². The topological polar surface area (TPSA) is 87.7 Å². The number of aromatic nitrogens is 1. The molecule has 2 aromatic heterocycles. The molecule has 0 atom stereocenters. The van der Waals surface area contributed by atoms with Crippen LogP contribution in [-0.2, 0) is 11.3 Å². The van der Waals surface area contributed by atoms with Crippen LogP contribution in [0.2, 0.25) is 0 Å². The maximum Gasteiger partial charge on any atom is 0.346 e. The minimum atomic E-state index is -1.22. The third-order valence-electron chi connectivity index (χ3n) is 8.03. The number of nitriles is 1. The van der Waals surface area contributed by atoms with E-state index in [1.54, 1.807) is 20.3 Å². The Kier molecular flexibility index (Phi) is 11.5. The molecule has 0 fully saturated rings. The molecule has 0 saturated heterocycles. The van der Waals surface area contributed by atoms with Crippen molar-refractivity contribution in [1.82, 2.24) is 4.57 Å². The average Bonchev–Trinajstić information content (AvgIpc) is 3.76. The van der Waals surface area contributed by atoms with Crippen molar-refractivity contribution in [3.63, 3.8) is 0 Å². The molecule has 0 aliphatic heterocycles. The third-order valence-corrected chi connectivity index (χ3v) is 9.08. The Morgan fingerprint density at radius 1 is 0.812 bits per heavy atom. The standard InChI is InChI=1S/C40H39N3O4S/c1-4-5-6-7-26-42-31(18-24-38(42)39-25-23-37(48-39)27-30(28-41)40(44)45)11-8-29-9-12-32(13-10-29)43(33-14-19-35(46-2)20-15-33)34-16-21-36(47-3)22-17-34/h8-25,27H,4-7,26H2,1-3H3,(H,44,45)/b11-8+,30-27+. The molecule has 244 valence electrons. The molecule has 0 radical (unpaired) electrons. The Morgan fingerprint density at radius 3 is 1.96 bits per heavy atom. The Hall–Kier alpha value is -5.52. The van der Waals surface area contributed by atoms with Crippen molar-refractivity contribution in [2.45, 2.75) is 39.2 Å². The van der Waals surface area contributed by atoms with Gasteiger partial charge in [-0.3, -0.25) is 0 Å². The fraction of sp³-hybridized carbons (Fsp3) is 0.200. The maximum atomic E-state index is 11.3. The molecule has 1 N–H and O–H groups in total. The predicted octanol–water partition coefficient (Wildman–Crippen LogP) is 10.4. The van der Waals surface area contributed by atoms with Gasteiger partial charge >= 0.3 is 5.97 Å². The molecule has 0 bridgehead atoms. The lowest BCUT2D eigenvalue weighted by Crippen LogP contribution is -2.09. The highest BCUT2D eigenvalue weighted by molar-refractivity contribution is 7.16. The first-order valence-corrected chi connectivity index (χ1v) is 16.8. The fourth-order valence-electron chi connectivity index (χ4n) is 5.47. The highest BCUT2D eigenvalue weighted by atomic mass is 32.1. The first kappa shape index (κ1) is 33.8. The number of aliphatic carboxylic acids is 1. The van der Waals surface area contributed by atoms with Crippen LogP contribution in [-0.4, -0.2) is 29.9 Å². The minimum absolute atomic E-state index is 0.274. The number of thiophene rings is 1. The number of ether oxygens (including phenoxy) is 2. The molecule has 5 aromatic rings. The van der Waals surface area contributed by atoms with Gasteiger partial charge in [0.15, 0.2) is 0 Å². The van der Waals surface area contributed by atoms with Gasteiger partial charge in [-0.15, -0.1) is 11.3 Å². The van der Waals surface area contributed by atoms with Crippen molar-refractivity contribution in [1.29, 1.82) is 5.26 Å². The van der Waals surface area contributed by atoms with E-state index in [4.69, 9.17) is 9.47 Å². The van der Waals surface area contributed by atoms with Crippen LogP contribution in [0.3, 0.4) is 0 Å². The van der Waals surface area contributed by atoms with E-state index in [1.165, 1.54) is 30.3 Å². The normalized spacial score (nSPS) is 11.4.